The van der Waals surface area contributed by atoms with E-state index >= 15 is 0 Å². The van der Waals surface area contributed by atoms with Crippen LogP contribution in [0.1, 0.15) is 40.6 Å². The van der Waals surface area contributed by atoms with Crippen molar-refractivity contribution in [2.45, 2.75) is 25.7 Å². The van der Waals surface area contributed by atoms with Crippen molar-refractivity contribution >= 4 is 27.5 Å². The van der Waals surface area contributed by atoms with Crippen LogP contribution in [-0.2, 0) is 0 Å². The molecule has 1 aliphatic rings. The summed E-state index contributed by atoms with van der Waals surface area (Å²) in [5, 5.41) is 13.4. The van der Waals surface area contributed by atoms with Gasteiger partial charge in [0.15, 0.2) is 11.3 Å². The van der Waals surface area contributed by atoms with Crippen molar-refractivity contribution in [3.63, 3.8) is 0 Å². The highest BCUT2D eigenvalue weighted by molar-refractivity contribution is 9.10. The fourth-order valence-corrected chi connectivity index (χ4v) is 2.19. The van der Waals surface area contributed by atoms with Crippen LogP contribution in [0.4, 0.5) is 0 Å². The minimum absolute atomic E-state index is 0.172. The van der Waals surface area contributed by atoms with Crippen molar-refractivity contribution < 1.29 is 9.90 Å². The summed E-state index contributed by atoms with van der Waals surface area (Å²) in [6.45, 7) is 1.82. The summed E-state index contributed by atoms with van der Waals surface area (Å²) in [5.41, 5.74) is 2.36. The van der Waals surface area contributed by atoms with Gasteiger partial charge in [-0.25, -0.2) is 14.3 Å². The van der Waals surface area contributed by atoms with E-state index in [0.717, 1.165) is 28.7 Å². The fraction of sp³-hybridized carbons (Fsp3) is 0.364. The van der Waals surface area contributed by atoms with Crippen LogP contribution in [0.3, 0.4) is 0 Å². The lowest BCUT2D eigenvalue weighted by Gasteiger charge is -2.03. The van der Waals surface area contributed by atoms with Crippen LogP contribution >= 0.6 is 15.9 Å². The molecule has 0 amide bonds. The minimum Gasteiger partial charge on any atom is -0.477 e. The number of carboxylic acid groups (broad SMARTS) is 1. The molecule has 88 valence electrons. The van der Waals surface area contributed by atoms with Gasteiger partial charge in [-0.05, 0) is 41.8 Å². The Hall–Kier alpha value is -1.43. The summed E-state index contributed by atoms with van der Waals surface area (Å²) < 4.78 is 2.15. The smallest absolute Gasteiger partial charge is 0.354 e. The standard InChI is InChI=1S/C11H10BrN3O2/c1-5-9(12)10-13-7(6-2-3-6)4-8(11(16)17)15(10)14-5/h4,6H,2-3H2,1H3,(H,16,17). The van der Waals surface area contributed by atoms with Crippen LogP contribution in [-0.4, -0.2) is 25.7 Å². The molecule has 0 spiro atoms. The number of fused-ring (bicyclic) bond motifs is 1. The first kappa shape index (κ1) is 10.7. The molecular weight excluding hydrogens is 286 g/mol. The molecule has 1 fully saturated rings. The third-order valence-corrected chi connectivity index (χ3v) is 3.86. The van der Waals surface area contributed by atoms with E-state index in [-0.39, 0.29) is 5.69 Å². The fourth-order valence-electron chi connectivity index (χ4n) is 1.86. The number of hydrogen-bond donors (Lipinski definition) is 1. The van der Waals surface area contributed by atoms with Gasteiger partial charge in [-0.1, -0.05) is 0 Å². The van der Waals surface area contributed by atoms with E-state index in [9.17, 15) is 9.90 Å². The Morgan fingerprint density at radius 3 is 2.88 bits per heavy atom. The lowest BCUT2D eigenvalue weighted by atomic mass is 10.2. The number of aromatic carboxylic acids is 1. The third kappa shape index (κ3) is 1.63. The molecule has 6 heteroatoms. The van der Waals surface area contributed by atoms with Gasteiger partial charge in [-0.3, -0.25) is 0 Å². The van der Waals surface area contributed by atoms with Gasteiger partial charge >= 0.3 is 5.97 Å². The molecule has 2 aromatic rings. The maximum Gasteiger partial charge on any atom is 0.354 e. The summed E-state index contributed by atoms with van der Waals surface area (Å²) in [5.74, 6) is -0.561. The summed E-state index contributed by atoms with van der Waals surface area (Å²) in [6, 6.07) is 1.63. The average molecular weight is 296 g/mol. The zero-order valence-corrected chi connectivity index (χ0v) is 10.7. The molecule has 17 heavy (non-hydrogen) atoms. The van der Waals surface area contributed by atoms with Crippen LogP contribution in [0.15, 0.2) is 10.5 Å². The number of aromatic nitrogens is 3. The van der Waals surface area contributed by atoms with Gasteiger partial charge in [0.2, 0.25) is 0 Å². The molecular formula is C11H10BrN3O2. The normalized spacial score (nSPS) is 15.4. The molecule has 5 nitrogen and oxygen atoms in total. The van der Waals surface area contributed by atoms with Crippen molar-refractivity contribution in [1.82, 2.24) is 14.6 Å². The summed E-state index contributed by atoms with van der Waals surface area (Å²) in [6.07, 6.45) is 2.18. The lowest BCUT2D eigenvalue weighted by Crippen LogP contribution is -2.09. The summed E-state index contributed by atoms with van der Waals surface area (Å²) >= 11 is 3.40. The predicted octanol–water partition coefficient (Wildman–Crippen LogP) is 2.38. The van der Waals surface area contributed by atoms with Gasteiger partial charge in [-0.2, -0.15) is 5.10 Å². The highest BCUT2D eigenvalue weighted by atomic mass is 79.9. The van der Waals surface area contributed by atoms with Crippen molar-refractivity contribution in [1.29, 1.82) is 0 Å². The van der Waals surface area contributed by atoms with Gasteiger partial charge in [0.1, 0.15) is 0 Å². The number of aryl methyl sites for hydroxylation is 1. The maximum atomic E-state index is 11.2. The molecule has 1 saturated carbocycles. The van der Waals surface area contributed by atoms with Gasteiger partial charge in [0.25, 0.3) is 0 Å². The minimum atomic E-state index is -0.977. The van der Waals surface area contributed by atoms with Crippen molar-refractivity contribution in [2.24, 2.45) is 0 Å². The Balaban J connectivity index is 2.35. The second-order valence-electron chi connectivity index (χ2n) is 4.28. The Morgan fingerprint density at radius 2 is 2.29 bits per heavy atom. The number of carboxylic acids is 1. The number of halogens is 1. The highest BCUT2D eigenvalue weighted by Crippen LogP contribution is 2.39. The zero-order valence-electron chi connectivity index (χ0n) is 9.14. The number of rotatable bonds is 2. The Labute approximate surface area is 106 Å². The molecule has 2 heterocycles. The first-order chi connectivity index (χ1) is 8.08. The van der Waals surface area contributed by atoms with Crippen LogP contribution < -0.4 is 0 Å². The molecule has 0 aromatic carbocycles. The molecule has 0 aliphatic heterocycles. The number of hydrogen-bond acceptors (Lipinski definition) is 3. The van der Waals surface area contributed by atoms with E-state index in [1.165, 1.54) is 4.52 Å². The van der Waals surface area contributed by atoms with E-state index in [0.29, 0.717) is 11.6 Å². The van der Waals surface area contributed by atoms with Crippen LogP contribution in [0, 0.1) is 6.92 Å². The van der Waals surface area contributed by atoms with E-state index in [2.05, 4.69) is 26.0 Å². The van der Waals surface area contributed by atoms with Gasteiger partial charge in [-0.15, -0.1) is 0 Å². The van der Waals surface area contributed by atoms with E-state index < -0.39 is 5.97 Å². The molecule has 1 N–H and O–H groups in total. The van der Waals surface area contributed by atoms with E-state index in [1.807, 2.05) is 6.92 Å². The molecule has 1 aliphatic carbocycles. The highest BCUT2D eigenvalue weighted by Gasteiger charge is 2.28. The first-order valence-electron chi connectivity index (χ1n) is 5.37. The molecule has 0 saturated heterocycles. The van der Waals surface area contributed by atoms with Crippen LogP contribution in [0.2, 0.25) is 0 Å². The van der Waals surface area contributed by atoms with Crippen LogP contribution in [0.25, 0.3) is 5.65 Å². The topological polar surface area (TPSA) is 67.5 Å². The molecule has 0 atom stereocenters. The number of carbonyl (C=O) groups is 1. The first-order valence-corrected chi connectivity index (χ1v) is 6.16. The van der Waals surface area contributed by atoms with E-state index in [1.54, 1.807) is 6.07 Å². The van der Waals surface area contributed by atoms with Gasteiger partial charge < -0.3 is 5.11 Å². The second kappa shape index (κ2) is 3.53. The molecule has 2 aromatic heterocycles. The predicted molar refractivity (Wildman–Crippen MR) is 64.4 cm³/mol. The van der Waals surface area contributed by atoms with Crippen molar-refractivity contribution in [3.05, 3.63) is 27.6 Å². The van der Waals surface area contributed by atoms with Crippen LogP contribution in [0.5, 0.6) is 0 Å². The zero-order chi connectivity index (χ0) is 12.2. The van der Waals surface area contributed by atoms with Gasteiger partial charge in [0, 0.05) is 11.6 Å². The summed E-state index contributed by atoms with van der Waals surface area (Å²) in [4.78, 5) is 15.7. The number of nitrogens with zero attached hydrogens (tertiary/aromatic N) is 3. The van der Waals surface area contributed by atoms with E-state index in [4.69, 9.17) is 0 Å². The van der Waals surface area contributed by atoms with Gasteiger partial charge in [0.05, 0.1) is 10.2 Å². The Kier molecular flexibility index (Phi) is 2.22. The Morgan fingerprint density at radius 1 is 1.59 bits per heavy atom. The average Bonchev–Trinajstić information content (AvgIpc) is 3.08. The van der Waals surface area contributed by atoms with Crippen molar-refractivity contribution in [3.8, 4) is 0 Å². The quantitative estimate of drug-likeness (QED) is 0.924. The molecule has 0 bridgehead atoms. The Bertz CT molecular complexity index is 631. The second-order valence-corrected chi connectivity index (χ2v) is 5.07. The monoisotopic (exact) mass is 295 g/mol. The SMILES string of the molecule is Cc1nn2c(C(=O)O)cc(C3CC3)nc2c1Br. The molecule has 0 radical (unpaired) electrons. The molecule has 0 unspecified atom stereocenters. The maximum absolute atomic E-state index is 11.2. The molecule has 3 rings (SSSR count). The van der Waals surface area contributed by atoms with Crippen molar-refractivity contribution in [2.75, 3.05) is 0 Å². The summed E-state index contributed by atoms with van der Waals surface area (Å²) in [7, 11) is 0. The lowest BCUT2D eigenvalue weighted by molar-refractivity contribution is 0.0687. The largest absolute Gasteiger partial charge is 0.477 e. The third-order valence-electron chi connectivity index (χ3n) is 2.93.